The molecule has 15 nitrogen and oxygen atoms in total. The molecule has 1 saturated heterocycles. The Morgan fingerprint density at radius 3 is 2.49 bits per heavy atom. The molecule has 43 heavy (non-hydrogen) atoms. The molecule has 0 radical (unpaired) electrons. The Morgan fingerprint density at radius 1 is 1.26 bits per heavy atom. The van der Waals surface area contributed by atoms with Crippen molar-refractivity contribution in [3.05, 3.63) is 63.5 Å². The second-order valence-corrected chi connectivity index (χ2v) is 11.0. The molecule has 0 spiro atoms. The summed E-state index contributed by atoms with van der Waals surface area (Å²) in [6.07, 6.45) is 2.85. The van der Waals surface area contributed by atoms with Crippen molar-refractivity contribution >= 4 is 47.2 Å². The molecule has 2 aromatic rings. The quantitative estimate of drug-likeness (QED) is 0.120. The minimum absolute atomic E-state index is 0. The predicted molar refractivity (Wildman–Crippen MR) is 143 cm³/mol. The number of phenolic OH excluding ortho intramolecular Hbond substituents is 1. The standard InChI is InChI=1S/C26H26N6O9S.Na/c1-11(33)41-9-14-10-42-24-17(23(37)32(24)19(14)25(38)39)29-22(36)18(12-4-6-15(34)7-5-12)31(26(27)40)16-8-28-20(13-2-3-13)30-21(16)35;/h4-8,13,17-18,24,34H,2-3,9-10H2,1H3,(H2,27,40)(H,29,36)(H,38,39)(H,28,30,35);/q;+1/p-1/t17?,18?,24-;/m0./s1. The molecule has 5 rings (SSSR count). The number of nitrogens with one attached hydrogen (secondary N) is 2. The van der Waals surface area contributed by atoms with E-state index in [0.717, 1.165) is 47.5 Å². The number of carbonyl (C=O) groups is 5. The van der Waals surface area contributed by atoms with Gasteiger partial charge in [0.05, 0.1) is 17.9 Å². The third kappa shape index (κ3) is 6.41. The molecule has 1 aromatic heterocycles. The Kier molecular flexibility index (Phi) is 9.54. The molecule has 5 N–H and O–H groups in total. The first-order chi connectivity index (χ1) is 20.0. The van der Waals surface area contributed by atoms with E-state index in [4.69, 9.17) is 10.5 Å². The Hall–Kier alpha value is -3.86. The zero-order valence-electron chi connectivity index (χ0n) is 23.1. The summed E-state index contributed by atoms with van der Waals surface area (Å²) >= 11 is 1.13. The number of hydrogen-bond acceptors (Lipinski definition) is 11. The largest absolute Gasteiger partial charge is 1.00 e. The van der Waals surface area contributed by atoms with Crippen LogP contribution in [0.5, 0.6) is 5.75 Å². The summed E-state index contributed by atoms with van der Waals surface area (Å²) in [6.45, 7) is 0.807. The second kappa shape index (κ2) is 12.8. The molecular weight excluding hydrogens is 595 g/mol. The average molecular weight is 621 g/mol. The predicted octanol–water partition coefficient (Wildman–Crippen LogP) is -4.05. The minimum atomic E-state index is -1.65. The number of carboxylic acids is 1. The number of primary amides is 1. The smallest absolute Gasteiger partial charge is 0.543 e. The number of anilines is 1. The van der Waals surface area contributed by atoms with Crippen molar-refractivity contribution in [1.82, 2.24) is 20.2 Å². The molecule has 1 aliphatic carbocycles. The van der Waals surface area contributed by atoms with E-state index in [0.29, 0.717) is 5.82 Å². The zero-order valence-corrected chi connectivity index (χ0v) is 25.9. The summed E-state index contributed by atoms with van der Waals surface area (Å²) in [6, 6.07) is 1.26. The molecule has 17 heteroatoms. The maximum Gasteiger partial charge on any atom is 1.00 e. The number of rotatable bonds is 9. The number of β-lactam (4-membered cyclic amide) rings is 1. The number of benzene rings is 1. The number of phenols is 1. The Labute approximate surface area is 270 Å². The van der Waals surface area contributed by atoms with Gasteiger partial charge in [-0.3, -0.25) is 29.0 Å². The van der Waals surface area contributed by atoms with Gasteiger partial charge in [0.1, 0.15) is 41.3 Å². The van der Waals surface area contributed by atoms with E-state index in [1.807, 2.05) is 0 Å². The van der Waals surface area contributed by atoms with E-state index in [2.05, 4.69) is 15.3 Å². The third-order valence-electron chi connectivity index (χ3n) is 6.96. The van der Waals surface area contributed by atoms with E-state index in [-0.39, 0.29) is 70.4 Å². The fourth-order valence-corrected chi connectivity index (χ4v) is 6.13. The Morgan fingerprint density at radius 2 is 1.93 bits per heavy atom. The van der Waals surface area contributed by atoms with Crippen LogP contribution in [0.15, 0.2) is 46.5 Å². The van der Waals surface area contributed by atoms with E-state index >= 15 is 0 Å². The number of esters is 1. The van der Waals surface area contributed by atoms with Crippen LogP contribution in [0, 0.1) is 0 Å². The summed E-state index contributed by atoms with van der Waals surface area (Å²) in [4.78, 5) is 84.3. The van der Waals surface area contributed by atoms with Crippen LogP contribution >= 0.6 is 11.8 Å². The van der Waals surface area contributed by atoms with Crippen LogP contribution < -0.4 is 56.2 Å². The Balaban J connectivity index is 0.00000423. The van der Waals surface area contributed by atoms with Gasteiger partial charge >= 0.3 is 41.6 Å². The number of hydrogen-bond donors (Lipinski definition) is 4. The third-order valence-corrected chi connectivity index (χ3v) is 8.30. The fourth-order valence-electron chi connectivity index (χ4n) is 4.80. The summed E-state index contributed by atoms with van der Waals surface area (Å²) in [5.74, 6) is -3.49. The summed E-state index contributed by atoms with van der Waals surface area (Å²) in [5, 5.41) is 23.4. The number of nitrogens with two attached hydrogens (primary N) is 1. The SMILES string of the molecule is CC(=O)OCC1=C(C(=O)[O-])N2C(=O)C(NC(=O)C(c3ccc(O)cc3)N(C(N)=O)c3cnc(C4CC4)[nH]c3=O)[C@@H]2SC1.[Na+]. The van der Waals surface area contributed by atoms with Gasteiger partial charge in [-0.05, 0) is 30.5 Å². The van der Waals surface area contributed by atoms with Gasteiger partial charge in [-0.25, -0.2) is 9.78 Å². The van der Waals surface area contributed by atoms with Gasteiger partial charge in [-0.2, -0.15) is 0 Å². The molecule has 2 aliphatic heterocycles. The number of aromatic hydroxyl groups is 1. The van der Waals surface area contributed by atoms with Gasteiger partial charge in [-0.15, -0.1) is 11.8 Å². The van der Waals surface area contributed by atoms with Gasteiger partial charge in [0.15, 0.2) is 0 Å². The van der Waals surface area contributed by atoms with Crippen LogP contribution in [0.3, 0.4) is 0 Å². The fraction of sp³-hybridized carbons (Fsp3) is 0.346. The number of carboxylic acid groups (broad SMARTS) is 1. The van der Waals surface area contributed by atoms with E-state index in [1.54, 1.807) is 0 Å². The van der Waals surface area contributed by atoms with Gasteiger partial charge in [0.2, 0.25) is 5.91 Å². The number of aromatic amines is 1. The van der Waals surface area contributed by atoms with Crippen LogP contribution in [0.25, 0.3) is 0 Å². The first-order valence-corrected chi connectivity index (χ1v) is 13.8. The number of thioether (sulfide) groups is 1. The van der Waals surface area contributed by atoms with Crippen molar-refractivity contribution < 1.29 is 68.5 Å². The molecule has 2 fully saturated rings. The minimum Gasteiger partial charge on any atom is -0.543 e. The van der Waals surface area contributed by atoms with E-state index in [9.17, 15) is 39.0 Å². The van der Waals surface area contributed by atoms with Crippen molar-refractivity contribution in [3.63, 3.8) is 0 Å². The maximum atomic E-state index is 13.8. The summed E-state index contributed by atoms with van der Waals surface area (Å²) < 4.78 is 4.90. The molecular formula is C26H25N6NaO9S. The zero-order chi connectivity index (χ0) is 30.3. The van der Waals surface area contributed by atoms with Crippen molar-refractivity contribution in [2.75, 3.05) is 17.3 Å². The normalized spacial score (nSPS) is 19.7. The number of urea groups is 1. The van der Waals surface area contributed by atoms with Crippen LogP contribution in [0.2, 0.25) is 0 Å². The number of nitrogens with zero attached hydrogens (tertiary/aromatic N) is 3. The molecule has 220 valence electrons. The van der Waals surface area contributed by atoms with Crippen molar-refractivity contribution in [1.29, 1.82) is 0 Å². The number of aromatic nitrogens is 2. The molecule has 1 aromatic carbocycles. The van der Waals surface area contributed by atoms with Crippen LogP contribution in [0.1, 0.15) is 43.1 Å². The molecule has 0 bridgehead atoms. The van der Waals surface area contributed by atoms with Crippen molar-refractivity contribution in [2.24, 2.45) is 5.73 Å². The van der Waals surface area contributed by atoms with Gasteiger partial charge in [0.25, 0.3) is 11.5 Å². The van der Waals surface area contributed by atoms with Crippen LogP contribution in [-0.2, 0) is 23.9 Å². The van der Waals surface area contributed by atoms with Crippen LogP contribution in [-0.4, -0.2) is 73.5 Å². The Bertz CT molecular complexity index is 1580. The first kappa shape index (κ1) is 32.1. The number of amides is 4. The van der Waals surface area contributed by atoms with E-state index < -0.39 is 58.5 Å². The topological polar surface area (TPSA) is 228 Å². The number of carbonyl (C=O) groups excluding carboxylic acids is 5. The number of ether oxygens (including phenoxy) is 1. The number of H-pyrrole nitrogens is 1. The molecule has 3 atom stereocenters. The molecule has 1 saturated carbocycles. The molecule has 4 amide bonds. The van der Waals surface area contributed by atoms with Crippen LogP contribution in [0.4, 0.5) is 10.5 Å². The summed E-state index contributed by atoms with van der Waals surface area (Å²) in [7, 11) is 0. The van der Waals surface area contributed by atoms with Gasteiger partial charge < -0.3 is 35.8 Å². The second-order valence-electron chi connectivity index (χ2n) is 9.88. The molecule has 3 aliphatic rings. The molecule has 2 unspecified atom stereocenters. The first-order valence-electron chi connectivity index (χ1n) is 12.8. The van der Waals surface area contributed by atoms with Crippen molar-refractivity contribution in [3.8, 4) is 5.75 Å². The number of aliphatic carboxylic acids is 1. The van der Waals surface area contributed by atoms with Gasteiger partial charge in [0, 0.05) is 24.2 Å². The molecule has 3 heterocycles. The maximum absolute atomic E-state index is 13.8. The monoisotopic (exact) mass is 620 g/mol. The number of fused-ring (bicyclic) bond motifs is 1. The average Bonchev–Trinajstić information content (AvgIpc) is 3.79. The summed E-state index contributed by atoms with van der Waals surface area (Å²) in [5.41, 5.74) is 4.50. The van der Waals surface area contributed by atoms with E-state index in [1.165, 1.54) is 24.3 Å². The van der Waals surface area contributed by atoms with Gasteiger partial charge in [-0.1, -0.05) is 12.1 Å². The van der Waals surface area contributed by atoms with Crippen molar-refractivity contribution in [2.45, 2.75) is 43.1 Å².